The van der Waals surface area contributed by atoms with E-state index in [1.807, 2.05) is 60.7 Å². The maximum absolute atomic E-state index is 10.2. The summed E-state index contributed by atoms with van der Waals surface area (Å²) in [7, 11) is 0. The van der Waals surface area contributed by atoms with Crippen LogP contribution in [0.25, 0.3) is 0 Å². The number of hydrogen-bond donors (Lipinski definition) is 2. The normalized spacial score (nSPS) is 12.0. The van der Waals surface area contributed by atoms with Crippen molar-refractivity contribution in [2.24, 2.45) is 0 Å². The van der Waals surface area contributed by atoms with E-state index in [0.29, 0.717) is 29.7 Å². The lowest BCUT2D eigenvalue weighted by atomic mass is 10.1. The Kier molecular flexibility index (Phi) is 7.13. The van der Waals surface area contributed by atoms with Crippen LogP contribution in [0.1, 0.15) is 22.8 Å². The van der Waals surface area contributed by atoms with Crippen molar-refractivity contribution in [1.29, 1.82) is 0 Å². The molecule has 0 aliphatic rings. The average Bonchev–Trinajstić information content (AvgIpc) is 2.68. The number of halogens is 2. The smallest absolute Gasteiger partial charge is 0.120 e. The third kappa shape index (κ3) is 5.98. The second kappa shape index (κ2) is 9.77. The topological polar surface area (TPSA) is 41.5 Å². The monoisotopic (exact) mass is 401 g/mol. The number of aliphatic hydroxyl groups is 1. The van der Waals surface area contributed by atoms with Crippen LogP contribution in [0, 0.1) is 0 Å². The Labute approximate surface area is 169 Å². The van der Waals surface area contributed by atoms with Crippen molar-refractivity contribution in [3.05, 3.63) is 99.5 Å². The Hall–Kier alpha value is -2.04. The van der Waals surface area contributed by atoms with E-state index in [1.54, 1.807) is 12.1 Å². The van der Waals surface area contributed by atoms with Crippen LogP contribution in [0.5, 0.6) is 5.75 Å². The number of ether oxygens (including phenoxy) is 1. The molecule has 5 heteroatoms. The van der Waals surface area contributed by atoms with Crippen LogP contribution in [0.4, 0.5) is 0 Å². The summed E-state index contributed by atoms with van der Waals surface area (Å²) in [6, 6.07) is 22.8. The van der Waals surface area contributed by atoms with E-state index >= 15 is 0 Å². The Morgan fingerprint density at radius 1 is 0.926 bits per heavy atom. The summed E-state index contributed by atoms with van der Waals surface area (Å²) >= 11 is 12.1. The van der Waals surface area contributed by atoms with Crippen LogP contribution in [0.3, 0.4) is 0 Å². The van der Waals surface area contributed by atoms with E-state index in [0.717, 1.165) is 22.4 Å². The van der Waals surface area contributed by atoms with Gasteiger partial charge in [0.15, 0.2) is 0 Å². The third-order valence-corrected chi connectivity index (χ3v) is 4.75. The second-order valence-electron chi connectivity index (χ2n) is 6.23. The zero-order chi connectivity index (χ0) is 19.1. The maximum Gasteiger partial charge on any atom is 0.120 e. The van der Waals surface area contributed by atoms with Gasteiger partial charge >= 0.3 is 0 Å². The highest BCUT2D eigenvalue weighted by Crippen LogP contribution is 2.23. The fourth-order valence-electron chi connectivity index (χ4n) is 2.69. The van der Waals surface area contributed by atoms with Gasteiger partial charge in [0.1, 0.15) is 12.4 Å². The van der Waals surface area contributed by atoms with Gasteiger partial charge in [0, 0.05) is 28.7 Å². The van der Waals surface area contributed by atoms with Crippen LogP contribution in [-0.4, -0.2) is 11.7 Å². The highest BCUT2D eigenvalue weighted by Gasteiger charge is 2.07. The molecule has 140 valence electrons. The van der Waals surface area contributed by atoms with E-state index in [1.165, 1.54) is 0 Å². The van der Waals surface area contributed by atoms with Gasteiger partial charge in [-0.05, 0) is 35.4 Å². The lowest BCUT2D eigenvalue weighted by Gasteiger charge is -2.13. The molecule has 0 spiro atoms. The molecule has 0 aliphatic carbocycles. The summed E-state index contributed by atoms with van der Waals surface area (Å²) in [5.74, 6) is 0.768. The van der Waals surface area contributed by atoms with E-state index in [2.05, 4.69) is 5.32 Å². The molecule has 0 heterocycles. The van der Waals surface area contributed by atoms with Crippen LogP contribution in [-0.2, 0) is 13.2 Å². The van der Waals surface area contributed by atoms with Crippen molar-refractivity contribution in [3.63, 3.8) is 0 Å². The molecular weight excluding hydrogens is 381 g/mol. The second-order valence-corrected chi connectivity index (χ2v) is 7.07. The van der Waals surface area contributed by atoms with Crippen molar-refractivity contribution >= 4 is 23.2 Å². The van der Waals surface area contributed by atoms with E-state index in [4.69, 9.17) is 27.9 Å². The standard InChI is InChI=1S/C22H21Cl2NO2/c23-19-10-9-18(21(24)12-19)15-27-20-8-4-5-16(11-20)13-25-14-22(26)17-6-2-1-3-7-17/h1-12,22,25-26H,13-15H2. The molecule has 3 nitrogen and oxygen atoms in total. The van der Waals surface area contributed by atoms with Crippen LogP contribution in [0.15, 0.2) is 72.8 Å². The first-order chi connectivity index (χ1) is 13.1. The fraction of sp³-hybridized carbons (Fsp3) is 0.182. The quantitative estimate of drug-likeness (QED) is 0.531. The lowest BCUT2D eigenvalue weighted by molar-refractivity contribution is 0.174. The zero-order valence-corrected chi connectivity index (χ0v) is 16.3. The molecule has 0 aromatic heterocycles. The molecule has 0 amide bonds. The molecule has 0 radical (unpaired) electrons. The minimum absolute atomic E-state index is 0.375. The highest BCUT2D eigenvalue weighted by molar-refractivity contribution is 6.35. The van der Waals surface area contributed by atoms with Crippen molar-refractivity contribution in [3.8, 4) is 5.75 Å². The van der Waals surface area contributed by atoms with Gasteiger partial charge < -0.3 is 15.2 Å². The first-order valence-corrected chi connectivity index (χ1v) is 9.47. The van der Waals surface area contributed by atoms with Gasteiger partial charge in [-0.15, -0.1) is 0 Å². The summed E-state index contributed by atoms with van der Waals surface area (Å²) in [6.45, 7) is 1.50. The van der Waals surface area contributed by atoms with Gasteiger partial charge in [0.25, 0.3) is 0 Å². The molecule has 0 saturated heterocycles. The molecule has 0 saturated carbocycles. The molecular formula is C22H21Cl2NO2. The number of aliphatic hydroxyl groups excluding tert-OH is 1. The highest BCUT2D eigenvalue weighted by atomic mass is 35.5. The summed E-state index contributed by atoms with van der Waals surface area (Å²) in [6.07, 6.45) is -0.530. The third-order valence-electron chi connectivity index (χ3n) is 4.16. The molecule has 0 bridgehead atoms. The van der Waals surface area contributed by atoms with E-state index in [-0.39, 0.29) is 0 Å². The molecule has 1 atom stereocenters. The van der Waals surface area contributed by atoms with Crippen LogP contribution >= 0.6 is 23.2 Å². The first-order valence-electron chi connectivity index (χ1n) is 8.71. The Morgan fingerprint density at radius 3 is 2.52 bits per heavy atom. The molecule has 2 N–H and O–H groups in total. The van der Waals surface area contributed by atoms with Crippen molar-refractivity contribution < 1.29 is 9.84 Å². The molecule has 27 heavy (non-hydrogen) atoms. The predicted molar refractivity (Wildman–Crippen MR) is 110 cm³/mol. The summed E-state index contributed by atoms with van der Waals surface area (Å²) in [4.78, 5) is 0. The van der Waals surface area contributed by atoms with E-state index in [9.17, 15) is 5.11 Å². The maximum atomic E-state index is 10.2. The zero-order valence-electron chi connectivity index (χ0n) is 14.7. The predicted octanol–water partition coefficient (Wildman–Crippen LogP) is 5.40. The first kappa shape index (κ1) is 19.7. The fourth-order valence-corrected chi connectivity index (χ4v) is 3.15. The minimum Gasteiger partial charge on any atom is -0.489 e. The van der Waals surface area contributed by atoms with Crippen molar-refractivity contribution in [1.82, 2.24) is 5.32 Å². The van der Waals surface area contributed by atoms with Gasteiger partial charge in [-0.2, -0.15) is 0 Å². The van der Waals surface area contributed by atoms with Crippen molar-refractivity contribution in [2.45, 2.75) is 19.3 Å². The summed E-state index contributed by atoms with van der Waals surface area (Å²) in [5, 5.41) is 14.7. The number of rotatable bonds is 8. The molecule has 1 unspecified atom stereocenters. The molecule has 0 fully saturated rings. The van der Waals surface area contributed by atoms with Crippen LogP contribution in [0.2, 0.25) is 10.0 Å². The Bertz CT molecular complexity index is 871. The largest absolute Gasteiger partial charge is 0.489 e. The van der Waals surface area contributed by atoms with Gasteiger partial charge in [-0.25, -0.2) is 0 Å². The molecule has 3 rings (SSSR count). The molecule has 3 aromatic carbocycles. The molecule has 3 aromatic rings. The molecule has 0 aliphatic heterocycles. The van der Waals surface area contributed by atoms with Crippen molar-refractivity contribution in [2.75, 3.05) is 6.54 Å². The SMILES string of the molecule is OC(CNCc1cccc(OCc2ccc(Cl)cc2Cl)c1)c1ccccc1. The van der Waals surface area contributed by atoms with Gasteiger partial charge in [0.2, 0.25) is 0 Å². The Balaban J connectivity index is 1.51. The lowest BCUT2D eigenvalue weighted by Crippen LogP contribution is -2.21. The number of hydrogen-bond acceptors (Lipinski definition) is 3. The average molecular weight is 402 g/mol. The number of nitrogens with one attached hydrogen (secondary N) is 1. The van der Waals surface area contributed by atoms with Gasteiger partial charge in [-0.3, -0.25) is 0 Å². The number of benzene rings is 3. The van der Waals surface area contributed by atoms with Crippen LogP contribution < -0.4 is 10.1 Å². The summed E-state index contributed by atoms with van der Waals surface area (Å²) in [5.41, 5.74) is 2.87. The minimum atomic E-state index is -0.530. The van der Waals surface area contributed by atoms with Gasteiger partial charge in [0.05, 0.1) is 6.10 Å². The van der Waals surface area contributed by atoms with Gasteiger partial charge in [-0.1, -0.05) is 71.7 Å². The Morgan fingerprint density at radius 2 is 1.74 bits per heavy atom. The summed E-state index contributed by atoms with van der Waals surface area (Å²) < 4.78 is 5.85. The van der Waals surface area contributed by atoms with E-state index < -0.39 is 6.10 Å².